The van der Waals surface area contributed by atoms with E-state index < -0.39 is 0 Å². The minimum atomic E-state index is 0.865. The highest BCUT2D eigenvalue weighted by molar-refractivity contribution is 5.24. The van der Waals surface area contributed by atoms with Gasteiger partial charge in [0.15, 0.2) is 0 Å². The summed E-state index contributed by atoms with van der Waals surface area (Å²) in [6.07, 6.45) is 12.6. The Morgan fingerprint density at radius 3 is 3.00 bits per heavy atom. The minimum Gasteiger partial charge on any atom is -0.0808 e. The van der Waals surface area contributed by atoms with E-state index in [1.54, 1.807) is 5.57 Å². The molecule has 0 heteroatoms. The van der Waals surface area contributed by atoms with Gasteiger partial charge in [-0.15, -0.1) is 0 Å². The number of hydrogen-bond acceptors (Lipinski definition) is 0. The van der Waals surface area contributed by atoms with Gasteiger partial charge in [-0.25, -0.2) is 0 Å². The summed E-state index contributed by atoms with van der Waals surface area (Å²) >= 11 is 0. The Hall–Kier alpha value is -0.520. The van der Waals surface area contributed by atoms with Crippen molar-refractivity contribution in [3.05, 3.63) is 23.8 Å². The Morgan fingerprint density at radius 2 is 2.23 bits per heavy atom. The Morgan fingerprint density at radius 1 is 1.38 bits per heavy atom. The van der Waals surface area contributed by atoms with E-state index in [0.29, 0.717) is 0 Å². The van der Waals surface area contributed by atoms with Crippen LogP contribution < -0.4 is 0 Å². The van der Waals surface area contributed by atoms with Crippen LogP contribution in [0.2, 0.25) is 0 Å². The fraction of sp³-hybridized carbons (Fsp3) is 0.692. The van der Waals surface area contributed by atoms with Crippen LogP contribution in [0.1, 0.15) is 39.5 Å². The van der Waals surface area contributed by atoms with E-state index in [1.165, 1.54) is 25.7 Å². The van der Waals surface area contributed by atoms with Gasteiger partial charge in [0.1, 0.15) is 0 Å². The molecular weight excluding hydrogens is 156 g/mol. The lowest BCUT2D eigenvalue weighted by molar-refractivity contribution is 0.229. The van der Waals surface area contributed by atoms with E-state index >= 15 is 0 Å². The first-order valence-corrected chi connectivity index (χ1v) is 5.70. The van der Waals surface area contributed by atoms with Crippen molar-refractivity contribution in [2.45, 2.75) is 39.5 Å². The molecule has 0 N–H and O–H groups in total. The van der Waals surface area contributed by atoms with E-state index in [2.05, 4.69) is 32.1 Å². The largest absolute Gasteiger partial charge is 0.0808 e. The van der Waals surface area contributed by atoms with Gasteiger partial charge in [-0.3, -0.25) is 0 Å². The molecule has 0 amide bonds. The Balaban J connectivity index is 2.21. The van der Waals surface area contributed by atoms with Gasteiger partial charge in [0.05, 0.1) is 0 Å². The lowest BCUT2D eigenvalue weighted by Crippen LogP contribution is -2.28. The summed E-state index contributed by atoms with van der Waals surface area (Å²) < 4.78 is 0. The zero-order valence-electron chi connectivity index (χ0n) is 8.79. The normalized spacial score (nSPS) is 38.3. The molecule has 3 atom stereocenters. The lowest BCUT2D eigenvalue weighted by Gasteiger charge is -2.38. The maximum Gasteiger partial charge on any atom is -0.0111 e. The third-order valence-electron chi connectivity index (χ3n) is 3.78. The zero-order valence-corrected chi connectivity index (χ0v) is 8.79. The molecule has 2 aliphatic carbocycles. The quantitative estimate of drug-likeness (QED) is 0.567. The highest BCUT2D eigenvalue weighted by Gasteiger charge is 2.31. The third kappa shape index (κ3) is 1.59. The van der Waals surface area contributed by atoms with Crippen molar-refractivity contribution in [2.75, 3.05) is 0 Å². The minimum absolute atomic E-state index is 0.865. The van der Waals surface area contributed by atoms with Crippen molar-refractivity contribution in [3.63, 3.8) is 0 Å². The molecule has 0 aromatic heterocycles. The van der Waals surface area contributed by atoms with Crippen LogP contribution in [-0.4, -0.2) is 0 Å². The van der Waals surface area contributed by atoms with Crippen LogP contribution in [0.25, 0.3) is 0 Å². The predicted molar refractivity (Wildman–Crippen MR) is 57.5 cm³/mol. The number of fused-ring (bicyclic) bond motifs is 1. The molecule has 0 aromatic carbocycles. The second kappa shape index (κ2) is 3.69. The van der Waals surface area contributed by atoms with Crippen molar-refractivity contribution in [3.8, 4) is 0 Å². The maximum atomic E-state index is 2.43. The Labute approximate surface area is 81.7 Å². The second-order valence-corrected chi connectivity index (χ2v) is 4.58. The number of hydrogen-bond donors (Lipinski definition) is 0. The summed E-state index contributed by atoms with van der Waals surface area (Å²) in [6, 6.07) is 0. The van der Waals surface area contributed by atoms with Gasteiger partial charge in [-0.05, 0) is 30.6 Å². The highest BCUT2D eigenvalue weighted by Crippen LogP contribution is 2.42. The lowest BCUT2D eigenvalue weighted by atomic mass is 9.67. The molecular formula is C13H20. The molecule has 0 heterocycles. The molecule has 0 nitrogen and oxygen atoms in total. The standard InChI is InChI=1S/C13H20/c1-3-11-7-5-9-12-8-4-6-10(2)13(11)12/h5,7,9-10,12-13H,3-4,6,8H2,1-2H3. The summed E-state index contributed by atoms with van der Waals surface area (Å²) in [5, 5.41) is 0. The Bertz CT molecular complexity index is 234. The third-order valence-corrected chi connectivity index (χ3v) is 3.78. The molecule has 0 saturated heterocycles. The molecule has 2 aliphatic rings. The summed E-state index contributed by atoms with van der Waals surface area (Å²) in [5.74, 6) is 2.65. The van der Waals surface area contributed by atoms with Crippen molar-refractivity contribution in [2.24, 2.45) is 17.8 Å². The zero-order chi connectivity index (χ0) is 9.26. The SMILES string of the molecule is CCC1=CC=CC2CCCC(C)C12. The molecule has 1 fully saturated rings. The molecule has 0 bridgehead atoms. The second-order valence-electron chi connectivity index (χ2n) is 4.58. The first kappa shape index (κ1) is 9.05. The average molecular weight is 176 g/mol. The smallest absolute Gasteiger partial charge is 0.0111 e. The summed E-state index contributed by atoms with van der Waals surface area (Å²) in [5.41, 5.74) is 1.69. The van der Waals surface area contributed by atoms with Gasteiger partial charge < -0.3 is 0 Å². The van der Waals surface area contributed by atoms with Crippen LogP contribution in [0, 0.1) is 17.8 Å². The Kier molecular flexibility index (Phi) is 2.57. The topological polar surface area (TPSA) is 0 Å². The van der Waals surface area contributed by atoms with Crippen LogP contribution in [0.3, 0.4) is 0 Å². The van der Waals surface area contributed by atoms with Crippen molar-refractivity contribution in [1.29, 1.82) is 0 Å². The van der Waals surface area contributed by atoms with Gasteiger partial charge in [0, 0.05) is 0 Å². The molecule has 0 radical (unpaired) electrons. The molecule has 13 heavy (non-hydrogen) atoms. The molecule has 0 spiro atoms. The van der Waals surface area contributed by atoms with Gasteiger partial charge >= 0.3 is 0 Å². The van der Waals surface area contributed by atoms with Gasteiger partial charge in [-0.2, -0.15) is 0 Å². The van der Waals surface area contributed by atoms with Crippen LogP contribution in [0.4, 0.5) is 0 Å². The summed E-state index contributed by atoms with van der Waals surface area (Å²) in [7, 11) is 0. The summed E-state index contributed by atoms with van der Waals surface area (Å²) in [6.45, 7) is 4.73. The molecule has 0 aromatic rings. The van der Waals surface area contributed by atoms with Crippen LogP contribution in [0.15, 0.2) is 23.8 Å². The van der Waals surface area contributed by atoms with Crippen LogP contribution >= 0.6 is 0 Å². The van der Waals surface area contributed by atoms with Crippen molar-refractivity contribution >= 4 is 0 Å². The predicted octanol–water partition coefficient (Wildman–Crippen LogP) is 3.95. The van der Waals surface area contributed by atoms with Gasteiger partial charge in [-0.1, -0.05) is 50.5 Å². The summed E-state index contributed by atoms with van der Waals surface area (Å²) in [4.78, 5) is 0. The van der Waals surface area contributed by atoms with Crippen LogP contribution in [-0.2, 0) is 0 Å². The van der Waals surface area contributed by atoms with E-state index in [9.17, 15) is 0 Å². The van der Waals surface area contributed by atoms with E-state index in [4.69, 9.17) is 0 Å². The van der Waals surface area contributed by atoms with E-state index in [0.717, 1.165) is 17.8 Å². The van der Waals surface area contributed by atoms with Crippen molar-refractivity contribution < 1.29 is 0 Å². The maximum absolute atomic E-state index is 2.43. The van der Waals surface area contributed by atoms with E-state index in [-0.39, 0.29) is 0 Å². The van der Waals surface area contributed by atoms with Gasteiger partial charge in [0.2, 0.25) is 0 Å². The van der Waals surface area contributed by atoms with Crippen LogP contribution in [0.5, 0.6) is 0 Å². The highest BCUT2D eigenvalue weighted by atomic mass is 14.4. The fourth-order valence-corrected chi connectivity index (χ4v) is 3.10. The first-order valence-electron chi connectivity index (χ1n) is 5.70. The van der Waals surface area contributed by atoms with Crippen molar-refractivity contribution in [1.82, 2.24) is 0 Å². The number of rotatable bonds is 1. The van der Waals surface area contributed by atoms with Gasteiger partial charge in [0.25, 0.3) is 0 Å². The molecule has 72 valence electrons. The fourth-order valence-electron chi connectivity index (χ4n) is 3.10. The average Bonchev–Trinajstić information content (AvgIpc) is 2.17. The monoisotopic (exact) mass is 176 g/mol. The number of allylic oxidation sites excluding steroid dienone is 4. The first-order chi connectivity index (χ1) is 6.33. The molecule has 0 aliphatic heterocycles. The van der Waals surface area contributed by atoms with E-state index in [1.807, 2.05) is 0 Å². The molecule has 2 rings (SSSR count). The molecule has 1 saturated carbocycles. The molecule has 3 unspecified atom stereocenters.